The molecule has 0 radical (unpaired) electrons. The molecule has 0 saturated carbocycles. The summed E-state index contributed by atoms with van der Waals surface area (Å²) < 4.78 is 18.8. The van der Waals surface area contributed by atoms with Crippen molar-refractivity contribution < 1.29 is 13.6 Å². The van der Waals surface area contributed by atoms with Crippen LogP contribution in [0.3, 0.4) is 0 Å². The number of fused-ring (bicyclic) bond motifs is 1. The SMILES string of the molecule is Cc1ccc(CN2CC[C@@H]3[C@@H]2CCN3C(=O)c2ccc(F)cc2)o1. The Labute approximate surface area is 140 Å². The molecule has 2 saturated heterocycles. The van der Waals surface area contributed by atoms with E-state index in [0.717, 1.165) is 44.0 Å². The highest BCUT2D eigenvalue weighted by atomic mass is 19.1. The van der Waals surface area contributed by atoms with Crippen molar-refractivity contribution in [2.45, 2.75) is 38.4 Å². The summed E-state index contributed by atoms with van der Waals surface area (Å²) in [5.41, 5.74) is 0.567. The van der Waals surface area contributed by atoms with Gasteiger partial charge in [0.1, 0.15) is 17.3 Å². The van der Waals surface area contributed by atoms with Crippen LogP contribution in [0, 0.1) is 12.7 Å². The first-order valence-corrected chi connectivity index (χ1v) is 8.48. The molecular weight excluding hydrogens is 307 g/mol. The number of furan rings is 1. The Kier molecular flexibility index (Phi) is 3.88. The van der Waals surface area contributed by atoms with Gasteiger partial charge < -0.3 is 9.32 Å². The van der Waals surface area contributed by atoms with Gasteiger partial charge in [0.15, 0.2) is 0 Å². The lowest BCUT2D eigenvalue weighted by Crippen LogP contribution is -2.39. The lowest BCUT2D eigenvalue weighted by molar-refractivity contribution is 0.0731. The first kappa shape index (κ1) is 15.4. The van der Waals surface area contributed by atoms with Crippen molar-refractivity contribution in [1.29, 1.82) is 0 Å². The van der Waals surface area contributed by atoms with Gasteiger partial charge >= 0.3 is 0 Å². The van der Waals surface area contributed by atoms with Gasteiger partial charge in [-0.2, -0.15) is 0 Å². The Morgan fingerprint density at radius 2 is 1.88 bits per heavy atom. The fourth-order valence-electron chi connectivity index (χ4n) is 4.05. The Morgan fingerprint density at radius 1 is 1.12 bits per heavy atom. The van der Waals surface area contributed by atoms with Crippen molar-refractivity contribution in [3.63, 3.8) is 0 Å². The molecule has 3 heterocycles. The first-order valence-electron chi connectivity index (χ1n) is 8.48. The number of amides is 1. The van der Waals surface area contributed by atoms with Crippen LogP contribution in [0.4, 0.5) is 4.39 Å². The van der Waals surface area contributed by atoms with E-state index in [1.807, 2.05) is 24.0 Å². The minimum absolute atomic E-state index is 0.0122. The van der Waals surface area contributed by atoms with Crippen LogP contribution in [0.15, 0.2) is 40.8 Å². The number of benzene rings is 1. The standard InChI is InChI=1S/C19H21FN2O2/c1-13-2-7-16(24-13)12-21-10-8-18-17(21)9-11-22(18)19(23)14-3-5-15(20)6-4-14/h2-7,17-18H,8-12H2,1H3/t17-,18+/m0/s1. The number of aryl methyl sites for hydroxylation is 1. The maximum absolute atomic E-state index is 13.1. The van der Waals surface area contributed by atoms with E-state index in [0.29, 0.717) is 11.6 Å². The van der Waals surface area contributed by atoms with Gasteiger partial charge in [0.25, 0.3) is 5.91 Å². The van der Waals surface area contributed by atoms with Gasteiger partial charge in [-0.3, -0.25) is 9.69 Å². The molecule has 2 aliphatic heterocycles. The summed E-state index contributed by atoms with van der Waals surface area (Å²) in [6.45, 7) is 4.49. The van der Waals surface area contributed by atoms with Crippen molar-refractivity contribution in [3.8, 4) is 0 Å². The molecule has 0 aliphatic carbocycles. The van der Waals surface area contributed by atoms with Gasteiger partial charge in [-0.1, -0.05) is 0 Å². The van der Waals surface area contributed by atoms with Crippen LogP contribution in [-0.2, 0) is 6.54 Å². The summed E-state index contributed by atoms with van der Waals surface area (Å²) in [7, 11) is 0. The highest BCUT2D eigenvalue weighted by Gasteiger charge is 2.44. The van der Waals surface area contributed by atoms with Crippen LogP contribution < -0.4 is 0 Å². The van der Waals surface area contributed by atoms with Crippen LogP contribution in [-0.4, -0.2) is 40.9 Å². The number of rotatable bonds is 3. The fraction of sp³-hybridized carbons (Fsp3) is 0.421. The van der Waals surface area contributed by atoms with Crippen LogP contribution in [0.5, 0.6) is 0 Å². The van der Waals surface area contributed by atoms with E-state index in [2.05, 4.69) is 4.90 Å². The number of nitrogens with zero attached hydrogens (tertiary/aromatic N) is 2. The number of likely N-dealkylation sites (tertiary alicyclic amines) is 2. The fourth-order valence-corrected chi connectivity index (χ4v) is 4.05. The average molecular weight is 328 g/mol. The van der Waals surface area contributed by atoms with Crippen molar-refractivity contribution in [2.75, 3.05) is 13.1 Å². The maximum Gasteiger partial charge on any atom is 0.254 e. The molecule has 2 atom stereocenters. The molecule has 5 heteroatoms. The highest BCUT2D eigenvalue weighted by molar-refractivity contribution is 5.94. The van der Waals surface area contributed by atoms with Crippen LogP contribution in [0.1, 0.15) is 34.7 Å². The molecule has 1 aromatic carbocycles. The Balaban J connectivity index is 1.46. The average Bonchev–Trinajstić information content (AvgIpc) is 3.26. The summed E-state index contributed by atoms with van der Waals surface area (Å²) in [6, 6.07) is 10.5. The largest absolute Gasteiger partial charge is 0.465 e. The van der Waals surface area contributed by atoms with E-state index < -0.39 is 0 Å². The van der Waals surface area contributed by atoms with Crippen LogP contribution in [0.2, 0.25) is 0 Å². The summed E-state index contributed by atoms with van der Waals surface area (Å²) >= 11 is 0. The number of carbonyl (C=O) groups excluding carboxylic acids is 1. The number of hydrogen-bond acceptors (Lipinski definition) is 3. The summed E-state index contributed by atoms with van der Waals surface area (Å²) in [4.78, 5) is 17.1. The topological polar surface area (TPSA) is 36.7 Å². The van der Waals surface area contributed by atoms with E-state index in [9.17, 15) is 9.18 Å². The molecule has 126 valence electrons. The third-order valence-electron chi connectivity index (χ3n) is 5.20. The molecule has 0 spiro atoms. The van der Waals surface area contributed by atoms with Crippen molar-refractivity contribution in [1.82, 2.24) is 9.80 Å². The molecule has 0 unspecified atom stereocenters. The van der Waals surface area contributed by atoms with E-state index in [1.54, 1.807) is 12.1 Å². The quantitative estimate of drug-likeness (QED) is 0.868. The number of carbonyl (C=O) groups is 1. The Morgan fingerprint density at radius 3 is 2.58 bits per heavy atom. The number of halogens is 1. The molecule has 2 aromatic rings. The molecule has 0 N–H and O–H groups in total. The lowest BCUT2D eigenvalue weighted by Gasteiger charge is -2.25. The van der Waals surface area contributed by atoms with E-state index in [-0.39, 0.29) is 17.8 Å². The zero-order valence-corrected chi connectivity index (χ0v) is 13.7. The Hall–Kier alpha value is -2.14. The van der Waals surface area contributed by atoms with Gasteiger partial charge in [-0.15, -0.1) is 0 Å². The van der Waals surface area contributed by atoms with E-state index in [1.165, 1.54) is 12.1 Å². The molecular formula is C19H21FN2O2. The summed E-state index contributed by atoms with van der Waals surface area (Å²) in [6.07, 6.45) is 1.97. The van der Waals surface area contributed by atoms with Gasteiger partial charge in [-0.25, -0.2) is 4.39 Å². The highest BCUT2D eigenvalue weighted by Crippen LogP contribution is 2.33. The number of hydrogen-bond donors (Lipinski definition) is 0. The predicted molar refractivity (Wildman–Crippen MR) is 88.1 cm³/mol. The smallest absolute Gasteiger partial charge is 0.254 e. The molecule has 4 nitrogen and oxygen atoms in total. The minimum Gasteiger partial charge on any atom is -0.465 e. The van der Waals surface area contributed by atoms with Crippen molar-refractivity contribution in [3.05, 3.63) is 59.3 Å². The third kappa shape index (κ3) is 2.73. The second-order valence-corrected chi connectivity index (χ2v) is 6.70. The lowest BCUT2D eigenvalue weighted by atomic mass is 10.1. The van der Waals surface area contributed by atoms with Gasteiger partial charge in [0.05, 0.1) is 6.54 Å². The van der Waals surface area contributed by atoms with Gasteiger partial charge in [-0.05, 0) is 56.2 Å². The van der Waals surface area contributed by atoms with Crippen molar-refractivity contribution in [2.24, 2.45) is 0 Å². The molecule has 1 aromatic heterocycles. The second-order valence-electron chi connectivity index (χ2n) is 6.70. The summed E-state index contributed by atoms with van der Waals surface area (Å²) in [5.74, 6) is 1.61. The zero-order chi connectivity index (χ0) is 16.7. The normalized spacial score (nSPS) is 23.7. The van der Waals surface area contributed by atoms with Gasteiger partial charge in [0.2, 0.25) is 0 Å². The van der Waals surface area contributed by atoms with Crippen LogP contribution >= 0.6 is 0 Å². The minimum atomic E-state index is -0.313. The predicted octanol–water partition coefficient (Wildman–Crippen LogP) is 3.22. The van der Waals surface area contributed by atoms with E-state index >= 15 is 0 Å². The maximum atomic E-state index is 13.1. The molecule has 1 amide bonds. The second kappa shape index (κ2) is 6.06. The Bertz CT molecular complexity index is 740. The van der Waals surface area contributed by atoms with Crippen LogP contribution in [0.25, 0.3) is 0 Å². The molecule has 2 aliphatic rings. The van der Waals surface area contributed by atoms with Crippen molar-refractivity contribution >= 4 is 5.91 Å². The zero-order valence-electron chi connectivity index (χ0n) is 13.7. The summed E-state index contributed by atoms with van der Waals surface area (Å²) in [5, 5.41) is 0. The van der Waals surface area contributed by atoms with E-state index in [4.69, 9.17) is 4.42 Å². The third-order valence-corrected chi connectivity index (χ3v) is 5.20. The molecule has 4 rings (SSSR count). The monoisotopic (exact) mass is 328 g/mol. The first-order chi connectivity index (χ1) is 11.6. The molecule has 0 bridgehead atoms. The molecule has 2 fully saturated rings. The molecule has 24 heavy (non-hydrogen) atoms. The van der Waals surface area contributed by atoms with Gasteiger partial charge in [0, 0.05) is 30.7 Å².